The van der Waals surface area contributed by atoms with Crippen molar-refractivity contribution in [2.24, 2.45) is 0 Å². The van der Waals surface area contributed by atoms with Gasteiger partial charge in [0.1, 0.15) is 0 Å². The van der Waals surface area contributed by atoms with Crippen molar-refractivity contribution in [1.29, 1.82) is 0 Å². The summed E-state index contributed by atoms with van der Waals surface area (Å²) in [5, 5.41) is 1.00. The number of nitrogen functional groups attached to an aromatic ring is 1. The van der Waals surface area contributed by atoms with Gasteiger partial charge in [0.05, 0.1) is 17.1 Å². The fraction of sp³-hybridized carbons (Fsp3) is 0.333. The van der Waals surface area contributed by atoms with Gasteiger partial charge in [0.2, 0.25) is 0 Å². The van der Waals surface area contributed by atoms with Gasteiger partial charge in [-0.1, -0.05) is 0 Å². The number of aryl methyl sites for hydroxylation is 1. The summed E-state index contributed by atoms with van der Waals surface area (Å²) in [6.45, 7) is 2.50. The lowest BCUT2D eigenvalue weighted by Crippen LogP contribution is -2.27. The third-order valence-electron chi connectivity index (χ3n) is 3.14. The molecule has 21 heavy (non-hydrogen) atoms. The molecule has 0 unspecified atom stereocenters. The Kier molecular flexibility index (Phi) is 4.47. The molecule has 1 aromatic heterocycles. The molecule has 0 saturated heterocycles. The van der Waals surface area contributed by atoms with Gasteiger partial charge in [-0.3, -0.25) is 4.79 Å². The van der Waals surface area contributed by atoms with E-state index in [1.165, 1.54) is 0 Å². The van der Waals surface area contributed by atoms with Crippen LogP contribution in [0.4, 0.5) is 11.4 Å². The number of benzene rings is 1. The molecule has 2 aromatic rings. The Balaban J connectivity index is 2.24. The third-order valence-corrected chi connectivity index (χ3v) is 4.04. The zero-order chi connectivity index (χ0) is 15.6. The molecule has 6 heteroatoms. The number of anilines is 2. The highest BCUT2D eigenvalue weighted by Gasteiger charge is 2.18. The van der Waals surface area contributed by atoms with Crippen LogP contribution in [0.5, 0.6) is 0 Å². The van der Waals surface area contributed by atoms with E-state index in [4.69, 9.17) is 5.73 Å². The van der Waals surface area contributed by atoms with Crippen LogP contribution >= 0.6 is 11.3 Å². The van der Waals surface area contributed by atoms with Crippen LogP contribution in [-0.4, -0.2) is 36.9 Å². The van der Waals surface area contributed by atoms with E-state index in [0.29, 0.717) is 17.8 Å². The second-order valence-electron chi connectivity index (χ2n) is 5.18. The van der Waals surface area contributed by atoms with Crippen molar-refractivity contribution in [3.05, 3.63) is 39.8 Å². The first kappa shape index (κ1) is 15.3. The molecule has 112 valence electrons. The molecule has 5 nitrogen and oxygen atoms in total. The Morgan fingerprint density at radius 2 is 2.05 bits per heavy atom. The molecule has 2 N–H and O–H groups in total. The molecule has 1 heterocycles. The lowest BCUT2D eigenvalue weighted by molar-refractivity contribution is 0.0787. The fourth-order valence-electron chi connectivity index (χ4n) is 2.10. The van der Waals surface area contributed by atoms with Crippen LogP contribution in [0.2, 0.25) is 0 Å². The summed E-state index contributed by atoms with van der Waals surface area (Å²) in [5.74, 6) is -0.0444. The molecule has 1 amide bonds. The quantitative estimate of drug-likeness (QED) is 0.881. The predicted octanol–water partition coefficient (Wildman–Crippen LogP) is 2.37. The van der Waals surface area contributed by atoms with Crippen molar-refractivity contribution in [1.82, 2.24) is 9.88 Å². The topological polar surface area (TPSA) is 62.5 Å². The van der Waals surface area contributed by atoms with Crippen LogP contribution in [0, 0.1) is 6.92 Å². The van der Waals surface area contributed by atoms with Crippen molar-refractivity contribution in [2.75, 3.05) is 31.8 Å². The average Bonchev–Trinajstić information content (AvgIpc) is 2.82. The minimum Gasteiger partial charge on any atom is -0.399 e. The Hall–Kier alpha value is -2.08. The molecule has 0 aliphatic heterocycles. The number of hydrogen-bond donors (Lipinski definition) is 1. The van der Waals surface area contributed by atoms with Crippen LogP contribution in [0.3, 0.4) is 0 Å². The summed E-state index contributed by atoms with van der Waals surface area (Å²) < 4.78 is 0. The number of nitrogens with zero attached hydrogens (tertiary/aromatic N) is 3. The van der Waals surface area contributed by atoms with Gasteiger partial charge in [0.25, 0.3) is 5.91 Å². The third kappa shape index (κ3) is 3.52. The number of carbonyl (C=O) groups excluding carboxylic acids is 1. The molecule has 0 radical (unpaired) electrons. The summed E-state index contributed by atoms with van der Waals surface area (Å²) in [4.78, 5) is 21.5. The van der Waals surface area contributed by atoms with Gasteiger partial charge in [-0.05, 0) is 25.1 Å². The van der Waals surface area contributed by atoms with E-state index in [9.17, 15) is 4.79 Å². The maximum absolute atomic E-state index is 12.7. The molecule has 0 spiro atoms. The Labute approximate surface area is 129 Å². The summed E-state index contributed by atoms with van der Waals surface area (Å²) in [7, 11) is 5.61. The van der Waals surface area contributed by atoms with Crippen molar-refractivity contribution in [3.8, 4) is 0 Å². The van der Waals surface area contributed by atoms with Crippen molar-refractivity contribution in [3.63, 3.8) is 0 Å². The number of carbonyl (C=O) groups is 1. The number of hydrogen-bond acceptors (Lipinski definition) is 5. The van der Waals surface area contributed by atoms with E-state index in [-0.39, 0.29) is 5.91 Å². The molecule has 0 saturated carbocycles. The maximum atomic E-state index is 12.7. The van der Waals surface area contributed by atoms with Crippen LogP contribution in [-0.2, 0) is 6.54 Å². The largest absolute Gasteiger partial charge is 0.399 e. The highest BCUT2D eigenvalue weighted by atomic mass is 32.1. The Bertz CT molecular complexity index is 651. The standard InChI is InChI=1S/C15H20N4OS/c1-10-17-8-12(21-10)9-19(4)15(20)13-7-11(16)5-6-14(13)18(2)3/h5-8H,9,16H2,1-4H3. The van der Waals surface area contributed by atoms with E-state index in [1.54, 1.807) is 35.4 Å². The molecule has 0 aliphatic carbocycles. The zero-order valence-electron chi connectivity index (χ0n) is 12.8. The van der Waals surface area contributed by atoms with Crippen LogP contribution in [0.15, 0.2) is 24.4 Å². The van der Waals surface area contributed by atoms with Gasteiger partial charge in [-0.25, -0.2) is 4.98 Å². The van der Waals surface area contributed by atoms with E-state index in [0.717, 1.165) is 15.6 Å². The van der Waals surface area contributed by atoms with Gasteiger partial charge in [0.15, 0.2) is 0 Å². The van der Waals surface area contributed by atoms with Crippen LogP contribution < -0.4 is 10.6 Å². The molecular formula is C15H20N4OS. The van der Waals surface area contributed by atoms with Crippen molar-refractivity contribution in [2.45, 2.75) is 13.5 Å². The number of rotatable bonds is 4. The Morgan fingerprint density at radius 1 is 1.33 bits per heavy atom. The van der Waals surface area contributed by atoms with E-state index in [1.807, 2.05) is 38.2 Å². The molecule has 0 aliphatic rings. The smallest absolute Gasteiger partial charge is 0.256 e. The first-order chi connectivity index (χ1) is 9.88. The van der Waals surface area contributed by atoms with Crippen LogP contribution in [0.25, 0.3) is 0 Å². The second-order valence-corrected chi connectivity index (χ2v) is 6.50. The molecule has 2 rings (SSSR count). The monoisotopic (exact) mass is 304 g/mol. The summed E-state index contributed by atoms with van der Waals surface area (Å²) in [6.07, 6.45) is 1.82. The molecule has 0 fully saturated rings. The lowest BCUT2D eigenvalue weighted by atomic mass is 10.1. The average molecular weight is 304 g/mol. The minimum atomic E-state index is -0.0444. The number of thiazole rings is 1. The zero-order valence-corrected chi connectivity index (χ0v) is 13.6. The number of aromatic nitrogens is 1. The van der Waals surface area contributed by atoms with Crippen molar-refractivity contribution < 1.29 is 4.79 Å². The highest BCUT2D eigenvalue weighted by Crippen LogP contribution is 2.24. The van der Waals surface area contributed by atoms with Crippen LogP contribution in [0.1, 0.15) is 20.2 Å². The van der Waals surface area contributed by atoms with Gasteiger partial charge in [0, 0.05) is 43.6 Å². The van der Waals surface area contributed by atoms with Gasteiger partial charge in [-0.2, -0.15) is 0 Å². The minimum absolute atomic E-state index is 0.0444. The van der Waals surface area contributed by atoms with Gasteiger partial charge < -0.3 is 15.5 Å². The van der Waals surface area contributed by atoms with Gasteiger partial charge >= 0.3 is 0 Å². The second kappa shape index (κ2) is 6.13. The predicted molar refractivity (Wildman–Crippen MR) is 87.8 cm³/mol. The maximum Gasteiger partial charge on any atom is 0.256 e. The first-order valence-corrected chi connectivity index (χ1v) is 7.43. The van der Waals surface area contributed by atoms with E-state index < -0.39 is 0 Å². The molecule has 0 bridgehead atoms. The highest BCUT2D eigenvalue weighted by molar-refractivity contribution is 7.11. The van der Waals surface area contributed by atoms with E-state index >= 15 is 0 Å². The normalized spacial score (nSPS) is 10.5. The Morgan fingerprint density at radius 3 is 2.62 bits per heavy atom. The summed E-state index contributed by atoms with van der Waals surface area (Å²) in [6, 6.07) is 5.40. The number of amides is 1. The summed E-state index contributed by atoms with van der Waals surface area (Å²) in [5.41, 5.74) is 7.89. The summed E-state index contributed by atoms with van der Waals surface area (Å²) >= 11 is 1.60. The SMILES string of the molecule is Cc1ncc(CN(C)C(=O)c2cc(N)ccc2N(C)C)s1. The first-order valence-electron chi connectivity index (χ1n) is 6.62. The fourth-order valence-corrected chi connectivity index (χ4v) is 2.95. The number of nitrogens with two attached hydrogens (primary N) is 1. The lowest BCUT2D eigenvalue weighted by Gasteiger charge is -2.22. The van der Waals surface area contributed by atoms with E-state index in [2.05, 4.69) is 4.98 Å². The molecule has 1 aromatic carbocycles. The van der Waals surface area contributed by atoms with Gasteiger partial charge in [-0.15, -0.1) is 11.3 Å². The molecule has 0 atom stereocenters. The van der Waals surface area contributed by atoms with Crippen molar-refractivity contribution >= 4 is 28.6 Å². The molecular weight excluding hydrogens is 284 g/mol.